The van der Waals surface area contributed by atoms with E-state index in [0.29, 0.717) is 10.9 Å². The predicted octanol–water partition coefficient (Wildman–Crippen LogP) is 2.29. The maximum absolute atomic E-state index is 12.4. The summed E-state index contributed by atoms with van der Waals surface area (Å²) in [7, 11) is 0. The molecular formula is C16H24ClN2O+. The quantitative estimate of drug-likeness (QED) is 0.881. The molecule has 0 radical (unpaired) electrons. The Morgan fingerprint density at radius 1 is 1.50 bits per heavy atom. The van der Waals surface area contributed by atoms with Gasteiger partial charge >= 0.3 is 0 Å². The molecule has 3 atom stereocenters. The zero-order valence-corrected chi connectivity index (χ0v) is 13.3. The van der Waals surface area contributed by atoms with Crippen LogP contribution in [-0.4, -0.2) is 25.0 Å². The highest BCUT2D eigenvalue weighted by molar-refractivity contribution is 6.31. The number of halogens is 1. The van der Waals surface area contributed by atoms with E-state index in [-0.39, 0.29) is 11.9 Å². The van der Waals surface area contributed by atoms with Crippen LogP contribution in [0.15, 0.2) is 18.2 Å². The molecule has 0 aliphatic carbocycles. The van der Waals surface area contributed by atoms with Crippen LogP contribution in [0.5, 0.6) is 0 Å². The van der Waals surface area contributed by atoms with Crippen LogP contribution in [-0.2, 0) is 4.79 Å². The zero-order valence-electron chi connectivity index (χ0n) is 12.5. The van der Waals surface area contributed by atoms with E-state index >= 15 is 0 Å². The summed E-state index contributed by atoms with van der Waals surface area (Å²) in [6.45, 7) is 8.44. The molecule has 1 saturated heterocycles. The minimum absolute atomic E-state index is 0.0175. The Kier molecular flexibility index (Phi) is 5.06. The van der Waals surface area contributed by atoms with Crippen molar-refractivity contribution in [2.75, 3.05) is 18.4 Å². The van der Waals surface area contributed by atoms with Gasteiger partial charge in [0, 0.05) is 16.6 Å². The molecule has 0 saturated carbocycles. The van der Waals surface area contributed by atoms with E-state index < -0.39 is 0 Å². The molecule has 0 bridgehead atoms. The van der Waals surface area contributed by atoms with Crippen molar-refractivity contribution in [3.63, 3.8) is 0 Å². The van der Waals surface area contributed by atoms with E-state index in [1.807, 2.05) is 32.0 Å². The van der Waals surface area contributed by atoms with Crippen molar-refractivity contribution >= 4 is 23.2 Å². The number of piperidine rings is 1. The first-order valence-electron chi connectivity index (χ1n) is 7.39. The smallest absolute Gasteiger partial charge is 0.282 e. The molecular weight excluding hydrogens is 272 g/mol. The second kappa shape index (κ2) is 6.59. The molecule has 4 heteroatoms. The molecule has 1 heterocycles. The number of hydrogen-bond donors (Lipinski definition) is 2. The molecule has 0 spiro atoms. The third-order valence-electron chi connectivity index (χ3n) is 4.27. The molecule has 1 fully saturated rings. The van der Waals surface area contributed by atoms with Gasteiger partial charge in [-0.15, -0.1) is 0 Å². The molecule has 0 aromatic heterocycles. The number of likely N-dealkylation sites (tertiary alicyclic amines) is 1. The number of quaternary nitrogens is 1. The Bertz CT molecular complexity index is 489. The van der Waals surface area contributed by atoms with Gasteiger partial charge in [0.2, 0.25) is 0 Å². The summed E-state index contributed by atoms with van der Waals surface area (Å²) in [5, 5.41) is 3.67. The standard InChI is InChI=1S/C16H23ClN2O/c1-11-5-4-8-19(10-11)13(3)16(20)18-15-9-14(17)7-6-12(15)2/h6-7,9,11,13H,4-5,8,10H2,1-3H3,(H,18,20)/p+1/t11-,13+/m0/s1. The number of carbonyl (C=O) groups is 1. The van der Waals surface area contributed by atoms with Crippen LogP contribution in [0.2, 0.25) is 5.02 Å². The van der Waals surface area contributed by atoms with Gasteiger partial charge in [-0.05, 0) is 44.4 Å². The second-order valence-corrected chi connectivity index (χ2v) is 6.47. The van der Waals surface area contributed by atoms with E-state index in [1.165, 1.54) is 17.7 Å². The van der Waals surface area contributed by atoms with Gasteiger partial charge in [0.1, 0.15) is 0 Å². The number of amides is 1. The molecule has 1 amide bonds. The first-order valence-corrected chi connectivity index (χ1v) is 7.76. The van der Waals surface area contributed by atoms with Crippen LogP contribution in [0.4, 0.5) is 5.69 Å². The van der Waals surface area contributed by atoms with Crippen molar-refractivity contribution in [1.29, 1.82) is 0 Å². The lowest BCUT2D eigenvalue weighted by atomic mass is 9.99. The van der Waals surface area contributed by atoms with Gasteiger partial charge in [-0.1, -0.05) is 24.6 Å². The van der Waals surface area contributed by atoms with Gasteiger partial charge in [0.25, 0.3) is 5.91 Å². The van der Waals surface area contributed by atoms with Crippen LogP contribution < -0.4 is 10.2 Å². The highest BCUT2D eigenvalue weighted by Crippen LogP contribution is 2.20. The normalized spacial score (nSPS) is 24.2. The fraction of sp³-hybridized carbons (Fsp3) is 0.562. The molecule has 3 nitrogen and oxygen atoms in total. The first-order chi connectivity index (χ1) is 9.47. The first kappa shape index (κ1) is 15.3. The molecule has 20 heavy (non-hydrogen) atoms. The van der Waals surface area contributed by atoms with E-state index in [2.05, 4.69) is 12.2 Å². The summed E-state index contributed by atoms with van der Waals surface area (Å²) in [6.07, 6.45) is 2.50. The van der Waals surface area contributed by atoms with Crippen LogP contribution in [0.1, 0.15) is 32.3 Å². The lowest BCUT2D eigenvalue weighted by Gasteiger charge is -2.31. The summed E-state index contributed by atoms with van der Waals surface area (Å²) in [6, 6.07) is 5.57. The Hall–Kier alpha value is -1.06. The van der Waals surface area contributed by atoms with Crippen molar-refractivity contribution in [2.45, 2.75) is 39.7 Å². The van der Waals surface area contributed by atoms with Gasteiger partial charge in [-0.3, -0.25) is 4.79 Å². The van der Waals surface area contributed by atoms with Crippen LogP contribution in [0.3, 0.4) is 0 Å². The highest BCUT2D eigenvalue weighted by Gasteiger charge is 2.29. The minimum atomic E-state index is -0.0175. The number of rotatable bonds is 3. The van der Waals surface area contributed by atoms with E-state index in [1.54, 1.807) is 0 Å². The van der Waals surface area contributed by atoms with Crippen LogP contribution in [0.25, 0.3) is 0 Å². The van der Waals surface area contributed by atoms with Crippen molar-refractivity contribution < 1.29 is 9.69 Å². The topological polar surface area (TPSA) is 33.5 Å². The number of carbonyl (C=O) groups excluding carboxylic acids is 1. The summed E-state index contributed by atoms with van der Waals surface area (Å²) in [5.74, 6) is 0.793. The molecule has 1 aliphatic heterocycles. The zero-order chi connectivity index (χ0) is 14.7. The van der Waals surface area contributed by atoms with Crippen molar-refractivity contribution in [3.8, 4) is 0 Å². The minimum Gasteiger partial charge on any atom is -0.325 e. The summed E-state index contributed by atoms with van der Waals surface area (Å²) >= 11 is 5.99. The lowest BCUT2D eigenvalue weighted by Crippen LogP contribution is -3.17. The van der Waals surface area contributed by atoms with Gasteiger partial charge in [0.05, 0.1) is 13.1 Å². The molecule has 110 valence electrons. The Morgan fingerprint density at radius 3 is 2.95 bits per heavy atom. The SMILES string of the molecule is Cc1ccc(Cl)cc1NC(=O)[C@@H](C)[NH+]1CCC[C@H](C)C1. The van der Waals surface area contributed by atoms with Gasteiger partial charge in [0.15, 0.2) is 6.04 Å². The molecule has 1 aliphatic rings. The van der Waals surface area contributed by atoms with E-state index in [9.17, 15) is 4.79 Å². The molecule has 1 aromatic carbocycles. The third-order valence-corrected chi connectivity index (χ3v) is 4.50. The molecule has 1 unspecified atom stereocenters. The number of aryl methyl sites for hydroxylation is 1. The average molecular weight is 296 g/mol. The highest BCUT2D eigenvalue weighted by atomic mass is 35.5. The number of nitrogens with one attached hydrogen (secondary N) is 2. The largest absolute Gasteiger partial charge is 0.325 e. The molecule has 2 rings (SSSR count). The fourth-order valence-corrected chi connectivity index (χ4v) is 3.05. The van der Waals surface area contributed by atoms with Crippen molar-refractivity contribution in [1.82, 2.24) is 0 Å². The van der Waals surface area contributed by atoms with Gasteiger partial charge in [-0.2, -0.15) is 0 Å². The maximum atomic E-state index is 12.4. The van der Waals surface area contributed by atoms with E-state index in [4.69, 9.17) is 11.6 Å². The second-order valence-electron chi connectivity index (χ2n) is 6.03. The number of hydrogen-bond acceptors (Lipinski definition) is 1. The van der Waals surface area contributed by atoms with Crippen molar-refractivity contribution in [3.05, 3.63) is 28.8 Å². The summed E-state index contributed by atoms with van der Waals surface area (Å²) in [4.78, 5) is 13.8. The molecule has 2 N–H and O–H groups in total. The number of benzene rings is 1. The van der Waals surface area contributed by atoms with Gasteiger partial charge < -0.3 is 10.2 Å². The van der Waals surface area contributed by atoms with E-state index in [0.717, 1.165) is 24.3 Å². The van der Waals surface area contributed by atoms with Crippen molar-refractivity contribution in [2.24, 2.45) is 5.92 Å². The summed E-state index contributed by atoms with van der Waals surface area (Å²) < 4.78 is 0. The van der Waals surface area contributed by atoms with Crippen LogP contribution >= 0.6 is 11.6 Å². The third kappa shape index (κ3) is 3.74. The summed E-state index contributed by atoms with van der Waals surface area (Å²) in [5.41, 5.74) is 1.86. The predicted molar refractivity (Wildman–Crippen MR) is 83.4 cm³/mol. The monoisotopic (exact) mass is 295 g/mol. The van der Waals surface area contributed by atoms with Gasteiger partial charge in [-0.25, -0.2) is 0 Å². The van der Waals surface area contributed by atoms with Crippen LogP contribution in [0, 0.1) is 12.8 Å². The number of anilines is 1. The molecule has 1 aromatic rings. The average Bonchev–Trinajstić information content (AvgIpc) is 2.42. The Labute approximate surface area is 126 Å². The lowest BCUT2D eigenvalue weighted by molar-refractivity contribution is -0.922. The maximum Gasteiger partial charge on any atom is 0.282 e. The Balaban J connectivity index is 2.02. The Morgan fingerprint density at radius 2 is 2.25 bits per heavy atom. The fourth-order valence-electron chi connectivity index (χ4n) is 2.88.